The Morgan fingerprint density at radius 3 is 2.63 bits per heavy atom. The summed E-state index contributed by atoms with van der Waals surface area (Å²) in [4.78, 5) is 12.1. The van der Waals surface area contributed by atoms with Crippen molar-refractivity contribution in [2.24, 2.45) is 11.8 Å². The summed E-state index contributed by atoms with van der Waals surface area (Å²) >= 11 is 3.46. The van der Waals surface area contributed by atoms with Crippen molar-refractivity contribution >= 4 is 21.8 Å². The Hall–Kier alpha value is -0.830. The minimum Gasteiger partial charge on any atom is -0.352 e. The third kappa shape index (κ3) is 4.07. The van der Waals surface area contributed by atoms with Gasteiger partial charge in [0.2, 0.25) is 0 Å². The summed E-state index contributed by atoms with van der Waals surface area (Å²) in [5.41, 5.74) is 1.89. The van der Waals surface area contributed by atoms with Gasteiger partial charge in [-0.15, -0.1) is 0 Å². The van der Waals surface area contributed by atoms with Gasteiger partial charge in [0.15, 0.2) is 0 Å². The zero-order chi connectivity index (χ0) is 13.8. The van der Waals surface area contributed by atoms with Crippen LogP contribution in [-0.4, -0.2) is 12.5 Å². The number of nitrogens with one attached hydrogen (secondary N) is 1. The largest absolute Gasteiger partial charge is 0.352 e. The average Bonchev–Trinajstić information content (AvgIpc) is 2.37. The highest BCUT2D eigenvalue weighted by Crippen LogP contribution is 2.27. The van der Waals surface area contributed by atoms with Crippen LogP contribution in [-0.2, 0) is 0 Å². The maximum absolute atomic E-state index is 12.1. The highest BCUT2D eigenvalue weighted by molar-refractivity contribution is 9.10. The molecule has 1 amide bonds. The van der Waals surface area contributed by atoms with E-state index in [9.17, 15) is 4.79 Å². The van der Waals surface area contributed by atoms with E-state index in [4.69, 9.17) is 0 Å². The van der Waals surface area contributed by atoms with Crippen LogP contribution >= 0.6 is 15.9 Å². The van der Waals surface area contributed by atoms with E-state index in [2.05, 4.69) is 28.2 Å². The van der Waals surface area contributed by atoms with E-state index < -0.39 is 0 Å². The summed E-state index contributed by atoms with van der Waals surface area (Å²) in [7, 11) is 0. The molecule has 1 fully saturated rings. The molecule has 0 unspecified atom stereocenters. The zero-order valence-electron chi connectivity index (χ0n) is 11.7. The molecular weight excluding hydrogens is 302 g/mol. The molecule has 0 radical (unpaired) electrons. The molecule has 19 heavy (non-hydrogen) atoms. The molecule has 0 aromatic heterocycles. The van der Waals surface area contributed by atoms with E-state index in [0.717, 1.165) is 28.1 Å². The van der Waals surface area contributed by atoms with Crippen molar-refractivity contribution in [3.8, 4) is 0 Å². The molecule has 104 valence electrons. The molecule has 2 rings (SSSR count). The van der Waals surface area contributed by atoms with Gasteiger partial charge in [-0.3, -0.25) is 4.79 Å². The predicted molar refractivity (Wildman–Crippen MR) is 82.3 cm³/mol. The first-order valence-corrected chi connectivity index (χ1v) is 7.90. The van der Waals surface area contributed by atoms with Crippen LogP contribution in [0.25, 0.3) is 0 Å². The number of rotatable bonds is 3. The molecule has 0 saturated heterocycles. The molecule has 0 heterocycles. The monoisotopic (exact) mass is 323 g/mol. The van der Waals surface area contributed by atoms with Gasteiger partial charge >= 0.3 is 0 Å². The Morgan fingerprint density at radius 2 is 2.00 bits per heavy atom. The Balaban J connectivity index is 1.87. The van der Waals surface area contributed by atoms with E-state index in [1.54, 1.807) is 0 Å². The number of carbonyl (C=O) groups excluding carboxylic acids is 1. The van der Waals surface area contributed by atoms with Crippen molar-refractivity contribution in [3.05, 3.63) is 33.8 Å². The van der Waals surface area contributed by atoms with E-state index >= 15 is 0 Å². The van der Waals surface area contributed by atoms with Gasteiger partial charge in [-0.2, -0.15) is 0 Å². The normalized spacial score (nSPS) is 23.1. The van der Waals surface area contributed by atoms with Crippen LogP contribution in [0.3, 0.4) is 0 Å². The molecule has 0 bridgehead atoms. The first kappa shape index (κ1) is 14.6. The van der Waals surface area contributed by atoms with E-state index in [0.29, 0.717) is 5.92 Å². The quantitative estimate of drug-likeness (QED) is 0.882. The second kappa shape index (κ2) is 6.56. The lowest BCUT2D eigenvalue weighted by atomic mass is 9.83. The number of halogens is 1. The van der Waals surface area contributed by atoms with Gasteiger partial charge in [0, 0.05) is 11.0 Å². The Kier molecular flexibility index (Phi) is 5.03. The summed E-state index contributed by atoms with van der Waals surface area (Å²) in [6, 6.07) is 5.84. The van der Waals surface area contributed by atoms with Gasteiger partial charge in [-0.05, 0) is 65.2 Å². The van der Waals surface area contributed by atoms with E-state index in [-0.39, 0.29) is 5.91 Å². The number of amides is 1. The van der Waals surface area contributed by atoms with Crippen molar-refractivity contribution in [1.29, 1.82) is 0 Å². The maximum atomic E-state index is 12.1. The van der Waals surface area contributed by atoms with Crippen molar-refractivity contribution in [2.45, 2.75) is 39.5 Å². The maximum Gasteiger partial charge on any atom is 0.252 e. The minimum absolute atomic E-state index is 0.0329. The highest BCUT2D eigenvalue weighted by atomic mass is 79.9. The third-order valence-electron chi connectivity index (χ3n) is 4.06. The standard InChI is InChI=1S/C16H22BrNO/c1-11-3-6-13(7-4-11)10-18-16(19)14-8-5-12(2)9-15(14)17/h5,8-9,11,13H,3-4,6-7,10H2,1-2H3,(H,18,19). The lowest BCUT2D eigenvalue weighted by Crippen LogP contribution is -2.31. The summed E-state index contributed by atoms with van der Waals surface area (Å²) in [5.74, 6) is 1.55. The molecule has 1 saturated carbocycles. The molecule has 1 aliphatic carbocycles. The van der Waals surface area contributed by atoms with Gasteiger partial charge in [0.1, 0.15) is 0 Å². The van der Waals surface area contributed by atoms with Gasteiger partial charge in [-0.1, -0.05) is 25.8 Å². The molecule has 0 spiro atoms. The summed E-state index contributed by atoms with van der Waals surface area (Å²) < 4.78 is 0.877. The van der Waals surface area contributed by atoms with Crippen LogP contribution < -0.4 is 5.32 Å². The Bertz CT molecular complexity index is 450. The second-order valence-corrected chi connectivity index (χ2v) is 6.67. The van der Waals surface area contributed by atoms with Crippen LogP contribution in [0.5, 0.6) is 0 Å². The summed E-state index contributed by atoms with van der Waals surface area (Å²) in [6.07, 6.45) is 5.09. The molecule has 0 aliphatic heterocycles. The minimum atomic E-state index is 0.0329. The van der Waals surface area contributed by atoms with Crippen molar-refractivity contribution < 1.29 is 4.79 Å². The fourth-order valence-electron chi connectivity index (χ4n) is 2.67. The summed E-state index contributed by atoms with van der Waals surface area (Å²) in [6.45, 7) is 5.15. The van der Waals surface area contributed by atoms with Crippen LogP contribution in [0.15, 0.2) is 22.7 Å². The molecule has 0 atom stereocenters. The van der Waals surface area contributed by atoms with Gasteiger partial charge in [0.25, 0.3) is 5.91 Å². The molecular formula is C16H22BrNO. The number of benzene rings is 1. The predicted octanol–water partition coefficient (Wildman–Crippen LogP) is 4.31. The Labute approximate surface area is 124 Å². The zero-order valence-corrected chi connectivity index (χ0v) is 13.3. The van der Waals surface area contributed by atoms with Crippen molar-refractivity contribution in [2.75, 3.05) is 6.54 Å². The van der Waals surface area contributed by atoms with Gasteiger partial charge < -0.3 is 5.32 Å². The van der Waals surface area contributed by atoms with Crippen molar-refractivity contribution in [1.82, 2.24) is 5.32 Å². The number of hydrogen-bond acceptors (Lipinski definition) is 1. The molecule has 2 nitrogen and oxygen atoms in total. The van der Waals surface area contributed by atoms with E-state index in [1.165, 1.54) is 25.7 Å². The smallest absolute Gasteiger partial charge is 0.252 e. The fraction of sp³-hybridized carbons (Fsp3) is 0.562. The van der Waals surface area contributed by atoms with Gasteiger partial charge in [-0.25, -0.2) is 0 Å². The number of carbonyl (C=O) groups is 1. The average molecular weight is 324 g/mol. The van der Waals surface area contributed by atoms with Crippen LogP contribution in [0.2, 0.25) is 0 Å². The molecule has 3 heteroatoms. The van der Waals surface area contributed by atoms with E-state index in [1.807, 2.05) is 25.1 Å². The first-order chi connectivity index (χ1) is 9.06. The lowest BCUT2D eigenvalue weighted by Gasteiger charge is -2.26. The van der Waals surface area contributed by atoms with Crippen LogP contribution in [0.4, 0.5) is 0 Å². The lowest BCUT2D eigenvalue weighted by molar-refractivity contribution is 0.0941. The second-order valence-electron chi connectivity index (χ2n) is 5.82. The number of aryl methyl sites for hydroxylation is 1. The fourth-order valence-corrected chi connectivity index (χ4v) is 3.34. The molecule has 1 N–H and O–H groups in total. The number of hydrogen-bond donors (Lipinski definition) is 1. The van der Waals surface area contributed by atoms with Gasteiger partial charge in [0.05, 0.1) is 5.56 Å². The highest BCUT2D eigenvalue weighted by Gasteiger charge is 2.19. The summed E-state index contributed by atoms with van der Waals surface area (Å²) in [5, 5.41) is 3.07. The molecule has 1 aliphatic rings. The Morgan fingerprint density at radius 1 is 1.32 bits per heavy atom. The third-order valence-corrected chi connectivity index (χ3v) is 4.71. The molecule has 1 aromatic rings. The first-order valence-electron chi connectivity index (χ1n) is 7.10. The van der Waals surface area contributed by atoms with Crippen LogP contribution in [0.1, 0.15) is 48.5 Å². The van der Waals surface area contributed by atoms with Crippen molar-refractivity contribution in [3.63, 3.8) is 0 Å². The SMILES string of the molecule is Cc1ccc(C(=O)NCC2CCC(C)CC2)c(Br)c1. The molecule has 1 aromatic carbocycles. The van der Waals surface area contributed by atoms with Crippen LogP contribution in [0, 0.1) is 18.8 Å². The topological polar surface area (TPSA) is 29.1 Å².